The van der Waals surface area contributed by atoms with Gasteiger partial charge in [-0.15, -0.1) is 11.3 Å². The summed E-state index contributed by atoms with van der Waals surface area (Å²) >= 11 is 1.46. The summed E-state index contributed by atoms with van der Waals surface area (Å²) in [5, 5.41) is 3.85. The Kier molecular flexibility index (Phi) is 6.42. The van der Waals surface area contributed by atoms with Crippen molar-refractivity contribution in [1.29, 1.82) is 0 Å². The number of aromatic nitrogens is 2. The van der Waals surface area contributed by atoms with Crippen molar-refractivity contribution in [3.63, 3.8) is 0 Å². The number of nitrogens with zero attached hydrogens (tertiary/aromatic N) is 3. The Bertz CT molecular complexity index is 1470. The lowest BCUT2D eigenvalue weighted by molar-refractivity contribution is 0.179. The highest BCUT2D eigenvalue weighted by atomic mass is 32.2. The van der Waals surface area contributed by atoms with E-state index in [9.17, 15) is 13.2 Å². The van der Waals surface area contributed by atoms with Crippen molar-refractivity contribution in [3.8, 4) is 11.1 Å². The third kappa shape index (κ3) is 4.88. The molecule has 0 bridgehead atoms. The molecule has 7 nitrogen and oxygen atoms in total. The molecular weight excluding hydrogens is 468 g/mol. The topological polar surface area (TPSA) is 86.4 Å². The van der Waals surface area contributed by atoms with Crippen LogP contribution in [0.3, 0.4) is 0 Å². The van der Waals surface area contributed by atoms with Crippen LogP contribution < -0.4 is 5.56 Å². The number of hydrogen-bond acceptors (Lipinski definition) is 6. The van der Waals surface area contributed by atoms with Gasteiger partial charge in [-0.05, 0) is 17.2 Å². The molecule has 4 aromatic rings. The summed E-state index contributed by atoms with van der Waals surface area (Å²) in [5.41, 5.74) is 2.59. The second-order valence-corrected chi connectivity index (χ2v) is 10.8. The van der Waals surface area contributed by atoms with E-state index in [4.69, 9.17) is 0 Å². The van der Waals surface area contributed by atoms with Gasteiger partial charge in [-0.2, -0.15) is 4.31 Å². The van der Waals surface area contributed by atoms with E-state index in [1.807, 2.05) is 66.0 Å². The molecule has 34 heavy (non-hydrogen) atoms. The van der Waals surface area contributed by atoms with Crippen molar-refractivity contribution in [2.45, 2.75) is 6.54 Å². The number of fused-ring (bicyclic) bond motifs is 1. The Balaban J connectivity index is 1.25. The molecular formula is C25H24N4O3S2. The summed E-state index contributed by atoms with van der Waals surface area (Å²) in [6.45, 7) is 2.40. The highest BCUT2D eigenvalue weighted by Gasteiger charge is 2.25. The van der Waals surface area contributed by atoms with Gasteiger partial charge in [0.2, 0.25) is 10.0 Å². The molecule has 1 fully saturated rings. The minimum atomic E-state index is -3.48. The van der Waals surface area contributed by atoms with Crippen molar-refractivity contribution in [2.24, 2.45) is 0 Å². The van der Waals surface area contributed by atoms with Crippen molar-refractivity contribution in [3.05, 3.63) is 93.2 Å². The van der Waals surface area contributed by atoms with Gasteiger partial charge >= 0.3 is 0 Å². The summed E-state index contributed by atoms with van der Waals surface area (Å²) in [6, 6.07) is 19.2. The summed E-state index contributed by atoms with van der Waals surface area (Å²) in [4.78, 5) is 23.3. The van der Waals surface area contributed by atoms with E-state index in [1.54, 1.807) is 6.08 Å². The highest BCUT2D eigenvalue weighted by Crippen LogP contribution is 2.30. The number of nitrogens with one attached hydrogen (secondary N) is 1. The van der Waals surface area contributed by atoms with Crippen LogP contribution >= 0.6 is 11.3 Å². The maximum Gasteiger partial charge on any atom is 0.260 e. The minimum absolute atomic E-state index is 0.146. The normalized spacial score (nSPS) is 15.9. The van der Waals surface area contributed by atoms with Gasteiger partial charge < -0.3 is 4.98 Å². The standard InChI is InChI=1S/C25H24N4O3S2/c30-24-23-21(20-9-5-2-6-10-20)18-33-25(23)27-22(26-24)17-28-12-14-29(15-13-28)34(31,32)16-11-19-7-3-1-4-8-19/h1-11,16,18H,12-15,17H2,(H,26,27,30)/b16-11+. The Labute approximate surface area is 202 Å². The molecule has 0 radical (unpaired) electrons. The van der Waals surface area contributed by atoms with Crippen LogP contribution in [-0.2, 0) is 16.6 Å². The number of sulfonamides is 1. The Morgan fingerprint density at radius 1 is 0.971 bits per heavy atom. The number of benzene rings is 2. The fourth-order valence-corrected chi connectivity index (χ4v) is 6.21. The number of piperazine rings is 1. The largest absolute Gasteiger partial charge is 0.309 e. The molecule has 9 heteroatoms. The van der Waals surface area contributed by atoms with Gasteiger partial charge in [-0.1, -0.05) is 60.7 Å². The Morgan fingerprint density at radius 2 is 1.65 bits per heavy atom. The van der Waals surface area contributed by atoms with Gasteiger partial charge in [0.25, 0.3) is 5.56 Å². The number of H-pyrrole nitrogens is 1. The molecule has 0 amide bonds. The highest BCUT2D eigenvalue weighted by molar-refractivity contribution is 7.92. The first-order valence-corrected chi connectivity index (χ1v) is 13.4. The Morgan fingerprint density at radius 3 is 2.35 bits per heavy atom. The van der Waals surface area contributed by atoms with Crippen LogP contribution in [0.1, 0.15) is 11.4 Å². The predicted molar refractivity (Wildman–Crippen MR) is 137 cm³/mol. The molecule has 1 aliphatic rings. The number of thiophene rings is 1. The summed E-state index contributed by atoms with van der Waals surface area (Å²) in [7, 11) is -3.48. The molecule has 1 N–H and O–H groups in total. The SMILES string of the molecule is O=c1[nH]c(CN2CCN(S(=O)(=O)/C=C/c3ccccc3)CC2)nc2scc(-c3ccccc3)c12. The summed E-state index contributed by atoms with van der Waals surface area (Å²) in [6.07, 6.45) is 1.62. The van der Waals surface area contributed by atoms with Crippen molar-refractivity contribution in [2.75, 3.05) is 26.2 Å². The van der Waals surface area contributed by atoms with Crippen LogP contribution in [0.4, 0.5) is 0 Å². The molecule has 5 rings (SSSR count). The first-order valence-electron chi connectivity index (χ1n) is 11.0. The van der Waals surface area contributed by atoms with E-state index in [0.29, 0.717) is 48.8 Å². The minimum Gasteiger partial charge on any atom is -0.309 e. The Hall–Kier alpha value is -3.11. The zero-order chi connectivity index (χ0) is 23.5. The van der Waals surface area contributed by atoms with Gasteiger partial charge in [-0.25, -0.2) is 13.4 Å². The smallest absolute Gasteiger partial charge is 0.260 e. The maximum absolute atomic E-state index is 12.9. The van der Waals surface area contributed by atoms with Crippen molar-refractivity contribution in [1.82, 2.24) is 19.2 Å². The van der Waals surface area contributed by atoms with E-state index < -0.39 is 10.0 Å². The zero-order valence-electron chi connectivity index (χ0n) is 18.4. The number of rotatable bonds is 6. The molecule has 0 unspecified atom stereocenters. The van der Waals surface area contributed by atoms with E-state index in [2.05, 4.69) is 14.9 Å². The van der Waals surface area contributed by atoms with Gasteiger partial charge in [0.15, 0.2) is 0 Å². The second-order valence-electron chi connectivity index (χ2n) is 8.14. The second kappa shape index (κ2) is 9.63. The summed E-state index contributed by atoms with van der Waals surface area (Å²) < 4.78 is 26.9. The third-order valence-electron chi connectivity index (χ3n) is 5.87. The van der Waals surface area contributed by atoms with Crippen LogP contribution in [0.25, 0.3) is 27.4 Å². The lowest BCUT2D eigenvalue weighted by atomic mass is 10.1. The zero-order valence-corrected chi connectivity index (χ0v) is 20.1. The van der Waals surface area contributed by atoms with Gasteiger partial charge in [0.1, 0.15) is 10.7 Å². The molecule has 2 aromatic carbocycles. The van der Waals surface area contributed by atoms with Crippen LogP contribution in [0, 0.1) is 0 Å². The van der Waals surface area contributed by atoms with Crippen LogP contribution in [0.2, 0.25) is 0 Å². The maximum atomic E-state index is 12.9. The average molecular weight is 493 g/mol. The molecule has 3 heterocycles. The number of hydrogen-bond donors (Lipinski definition) is 1. The van der Waals surface area contributed by atoms with E-state index in [-0.39, 0.29) is 5.56 Å². The fourth-order valence-electron chi connectivity index (χ4n) is 4.07. The van der Waals surface area contributed by atoms with Gasteiger partial charge in [0, 0.05) is 42.5 Å². The van der Waals surface area contributed by atoms with Gasteiger partial charge in [-0.3, -0.25) is 9.69 Å². The molecule has 0 aliphatic carbocycles. The van der Waals surface area contributed by atoms with Crippen LogP contribution in [0.15, 0.2) is 76.2 Å². The van der Waals surface area contributed by atoms with Crippen LogP contribution in [-0.4, -0.2) is 53.8 Å². The first kappa shape index (κ1) is 22.7. The molecule has 0 spiro atoms. The molecule has 0 atom stereocenters. The average Bonchev–Trinajstić information content (AvgIpc) is 3.29. The lowest BCUT2D eigenvalue weighted by Crippen LogP contribution is -2.47. The monoisotopic (exact) mass is 492 g/mol. The fraction of sp³-hybridized carbons (Fsp3) is 0.200. The van der Waals surface area contributed by atoms with Crippen LogP contribution in [0.5, 0.6) is 0 Å². The van der Waals surface area contributed by atoms with Crippen molar-refractivity contribution >= 4 is 37.7 Å². The third-order valence-corrected chi connectivity index (χ3v) is 8.31. The predicted octanol–water partition coefficient (Wildman–Crippen LogP) is 3.77. The molecule has 0 saturated carbocycles. The van der Waals surface area contributed by atoms with Gasteiger partial charge in [0.05, 0.1) is 11.9 Å². The van der Waals surface area contributed by atoms with Crippen molar-refractivity contribution < 1.29 is 8.42 Å². The number of aromatic amines is 1. The lowest BCUT2D eigenvalue weighted by Gasteiger charge is -2.32. The van der Waals surface area contributed by atoms with E-state index in [1.165, 1.54) is 21.1 Å². The van der Waals surface area contributed by atoms with E-state index in [0.717, 1.165) is 16.7 Å². The van der Waals surface area contributed by atoms with E-state index >= 15 is 0 Å². The summed E-state index contributed by atoms with van der Waals surface area (Å²) in [5.74, 6) is 0.597. The quantitative estimate of drug-likeness (QED) is 0.443. The molecule has 1 saturated heterocycles. The molecule has 174 valence electrons. The molecule has 1 aliphatic heterocycles. The first-order chi connectivity index (χ1) is 16.5. The molecule has 2 aromatic heterocycles.